The van der Waals surface area contributed by atoms with Crippen molar-refractivity contribution < 1.29 is 14.3 Å². The van der Waals surface area contributed by atoms with Gasteiger partial charge in [-0.05, 0) is 36.1 Å². The van der Waals surface area contributed by atoms with Gasteiger partial charge in [0.05, 0.1) is 11.6 Å². The predicted octanol–water partition coefficient (Wildman–Crippen LogP) is 5.65. The molecule has 4 rings (SSSR count). The molecule has 5 heteroatoms. The van der Waals surface area contributed by atoms with E-state index in [9.17, 15) is 4.79 Å². The second kappa shape index (κ2) is 7.82. The van der Waals surface area contributed by atoms with Crippen LogP contribution in [0.25, 0.3) is 11.1 Å². The van der Waals surface area contributed by atoms with E-state index in [4.69, 9.17) is 9.52 Å². The SMILES string of the molecule is O=C(O)c1ccc2oc(NC(CC3CCCCC3)c3ccccc3)nc2c1. The van der Waals surface area contributed by atoms with Crippen LogP contribution in [0.3, 0.4) is 0 Å². The van der Waals surface area contributed by atoms with E-state index in [0.29, 0.717) is 23.0 Å². The minimum absolute atomic E-state index is 0.126. The lowest BCUT2D eigenvalue weighted by molar-refractivity contribution is 0.0697. The minimum atomic E-state index is -0.964. The fourth-order valence-corrected chi connectivity index (χ4v) is 3.99. The van der Waals surface area contributed by atoms with Crippen molar-refractivity contribution in [1.82, 2.24) is 4.98 Å². The molecule has 1 unspecified atom stereocenters. The van der Waals surface area contributed by atoms with Crippen LogP contribution in [-0.4, -0.2) is 16.1 Å². The maximum atomic E-state index is 11.2. The number of rotatable bonds is 6. The van der Waals surface area contributed by atoms with Gasteiger partial charge in [-0.3, -0.25) is 0 Å². The van der Waals surface area contributed by atoms with Crippen molar-refractivity contribution in [2.45, 2.75) is 44.6 Å². The maximum absolute atomic E-state index is 11.2. The Hall–Kier alpha value is -2.82. The van der Waals surface area contributed by atoms with Crippen LogP contribution in [-0.2, 0) is 0 Å². The molecule has 140 valence electrons. The lowest BCUT2D eigenvalue weighted by Gasteiger charge is -2.27. The van der Waals surface area contributed by atoms with E-state index in [2.05, 4.69) is 34.6 Å². The molecule has 2 aromatic carbocycles. The third kappa shape index (κ3) is 4.13. The number of nitrogens with one attached hydrogen (secondary N) is 1. The number of aromatic carboxylic acids is 1. The first-order chi connectivity index (χ1) is 13.2. The zero-order valence-electron chi connectivity index (χ0n) is 15.2. The van der Waals surface area contributed by atoms with Crippen molar-refractivity contribution in [1.29, 1.82) is 0 Å². The molecule has 5 nitrogen and oxygen atoms in total. The fraction of sp³-hybridized carbons (Fsp3) is 0.364. The molecule has 1 aliphatic rings. The zero-order chi connectivity index (χ0) is 18.6. The van der Waals surface area contributed by atoms with Crippen LogP contribution in [0.15, 0.2) is 52.9 Å². The number of hydrogen-bond acceptors (Lipinski definition) is 4. The van der Waals surface area contributed by atoms with Gasteiger partial charge in [0.2, 0.25) is 0 Å². The van der Waals surface area contributed by atoms with Gasteiger partial charge in [0.25, 0.3) is 6.01 Å². The molecule has 0 amide bonds. The third-order valence-electron chi connectivity index (χ3n) is 5.43. The Kier molecular flexibility index (Phi) is 5.10. The lowest BCUT2D eigenvalue weighted by atomic mass is 9.83. The van der Waals surface area contributed by atoms with Crippen LogP contribution in [0, 0.1) is 5.92 Å². The monoisotopic (exact) mass is 364 g/mol. The Morgan fingerprint density at radius 1 is 1.15 bits per heavy atom. The molecule has 0 bridgehead atoms. The van der Waals surface area contributed by atoms with Gasteiger partial charge in [0, 0.05) is 0 Å². The van der Waals surface area contributed by atoms with E-state index in [1.54, 1.807) is 12.1 Å². The summed E-state index contributed by atoms with van der Waals surface area (Å²) in [5.41, 5.74) is 2.58. The number of nitrogens with zero attached hydrogens (tertiary/aromatic N) is 1. The standard InChI is InChI=1S/C22H24N2O3/c25-21(26)17-11-12-20-19(14-17)24-22(27-20)23-18(16-9-5-2-6-10-16)13-15-7-3-1-4-8-15/h2,5-6,9-12,14-15,18H,1,3-4,7-8,13H2,(H,23,24)(H,25,26). The van der Waals surface area contributed by atoms with Gasteiger partial charge < -0.3 is 14.8 Å². The highest BCUT2D eigenvalue weighted by Crippen LogP contribution is 2.34. The van der Waals surface area contributed by atoms with Gasteiger partial charge in [-0.25, -0.2) is 4.79 Å². The van der Waals surface area contributed by atoms with E-state index < -0.39 is 5.97 Å². The number of benzene rings is 2. The molecule has 1 fully saturated rings. The number of aromatic nitrogens is 1. The quantitative estimate of drug-likeness (QED) is 0.591. The highest BCUT2D eigenvalue weighted by atomic mass is 16.4. The van der Waals surface area contributed by atoms with Gasteiger partial charge in [-0.2, -0.15) is 4.98 Å². The van der Waals surface area contributed by atoms with E-state index in [0.717, 1.165) is 6.42 Å². The summed E-state index contributed by atoms with van der Waals surface area (Å²) in [7, 11) is 0. The molecule has 3 aromatic rings. The van der Waals surface area contributed by atoms with E-state index >= 15 is 0 Å². The highest BCUT2D eigenvalue weighted by molar-refractivity contribution is 5.92. The van der Waals surface area contributed by atoms with Crippen LogP contribution >= 0.6 is 0 Å². The Balaban J connectivity index is 1.58. The Labute approximate surface area is 158 Å². The second-order valence-corrected chi connectivity index (χ2v) is 7.35. The van der Waals surface area contributed by atoms with Gasteiger partial charge in [0.15, 0.2) is 5.58 Å². The van der Waals surface area contributed by atoms with Gasteiger partial charge in [0.1, 0.15) is 5.52 Å². The van der Waals surface area contributed by atoms with Crippen molar-refractivity contribution in [3.63, 3.8) is 0 Å². The number of anilines is 1. The molecule has 0 radical (unpaired) electrons. The molecule has 0 aliphatic heterocycles. The number of carboxylic acids is 1. The normalized spacial score (nSPS) is 16.3. The van der Waals surface area contributed by atoms with Crippen molar-refractivity contribution >= 4 is 23.1 Å². The first-order valence-corrected chi connectivity index (χ1v) is 9.64. The molecule has 1 aliphatic carbocycles. The summed E-state index contributed by atoms with van der Waals surface area (Å²) < 4.78 is 5.83. The van der Waals surface area contributed by atoms with E-state index in [-0.39, 0.29) is 11.6 Å². The smallest absolute Gasteiger partial charge is 0.335 e. The number of carboxylic acid groups (broad SMARTS) is 1. The topological polar surface area (TPSA) is 75.4 Å². The van der Waals surface area contributed by atoms with Gasteiger partial charge in [-0.15, -0.1) is 0 Å². The predicted molar refractivity (Wildman–Crippen MR) is 105 cm³/mol. The molecule has 1 heterocycles. The molecule has 2 N–H and O–H groups in total. The number of fused-ring (bicyclic) bond motifs is 1. The minimum Gasteiger partial charge on any atom is -0.478 e. The summed E-state index contributed by atoms with van der Waals surface area (Å²) in [5, 5.41) is 12.6. The third-order valence-corrected chi connectivity index (χ3v) is 5.43. The van der Waals surface area contributed by atoms with Gasteiger partial charge in [-0.1, -0.05) is 62.4 Å². The zero-order valence-corrected chi connectivity index (χ0v) is 15.2. The highest BCUT2D eigenvalue weighted by Gasteiger charge is 2.22. The molecule has 27 heavy (non-hydrogen) atoms. The summed E-state index contributed by atoms with van der Waals surface area (Å²) in [6, 6.07) is 15.7. The number of carbonyl (C=O) groups is 1. The van der Waals surface area contributed by atoms with E-state index in [1.165, 1.54) is 43.7 Å². The van der Waals surface area contributed by atoms with Crippen molar-refractivity contribution in [2.24, 2.45) is 5.92 Å². The summed E-state index contributed by atoms with van der Waals surface area (Å²) in [5.74, 6) is -0.256. The summed E-state index contributed by atoms with van der Waals surface area (Å²) in [6.07, 6.45) is 7.57. The Morgan fingerprint density at radius 2 is 1.93 bits per heavy atom. The van der Waals surface area contributed by atoms with Gasteiger partial charge >= 0.3 is 5.97 Å². The largest absolute Gasteiger partial charge is 0.478 e. The van der Waals surface area contributed by atoms with Crippen LogP contribution in [0.5, 0.6) is 0 Å². The first-order valence-electron chi connectivity index (χ1n) is 9.64. The van der Waals surface area contributed by atoms with Crippen LogP contribution in [0.4, 0.5) is 6.01 Å². The van der Waals surface area contributed by atoms with Crippen molar-refractivity contribution in [3.05, 3.63) is 59.7 Å². The molecule has 1 atom stereocenters. The first kappa shape index (κ1) is 17.6. The molecular weight excluding hydrogens is 340 g/mol. The lowest BCUT2D eigenvalue weighted by Crippen LogP contribution is -2.17. The molecule has 0 saturated heterocycles. The Morgan fingerprint density at radius 3 is 2.67 bits per heavy atom. The number of oxazole rings is 1. The van der Waals surface area contributed by atoms with Crippen LogP contribution < -0.4 is 5.32 Å². The number of hydrogen-bond donors (Lipinski definition) is 2. The second-order valence-electron chi connectivity index (χ2n) is 7.35. The van der Waals surface area contributed by atoms with Crippen LogP contribution in [0.1, 0.15) is 60.5 Å². The Bertz CT molecular complexity index is 914. The summed E-state index contributed by atoms with van der Waals surface area (Å²) in [6.45, 7) is 0. The average Bonchev–Trinajstić information content (AvgIpc) is 3.10. The van der Waals surface area contributed by atoms with Crippen molar-refractivity contribution in [3.8, 4) is 0 Å². The molecule has 1 aromatic heterocycles. The molecule has 1 saturated carbocycles. The van der Waals surface area contributed by atoms with Crippen molar-refractivity contribution in [2.75, 3.05) is 5.32 Å². The average molecular weight is 364 g/mol. The summed E-state index contributed by atoms with van der Waals surface area (Å²) >= 11 is 0. The van der Waals surface area contributed by atoms with Crippen LogP contribution in [0.2, 0.25) is 0 Å². The van der Waals surface area contributed by atoms with E-state index in [1.807, 2.05) is 6.07 Å². The fourth-order valence-electron chi connectivity index (χ4n) is 3.99. The molecular formula is C22H24N2O3. The summed E-state index contributed by atoms with van der Waals surface area (Å²) in [4.78, 5) is 15.6. The maximum Gasteiger partial charge on any atom is 0.335 e. The molecule has 0 spiro atoms.